The molecule has 56 valence electrons. The number of hydrogen-bond acceptors (Lipinski definition) is 3. The standard InChI is InChI=1S/C7H12N2O/c1-4-7(2,3)6-5-8-10-9-6/h5H,4H2,1-3H3. The van der Waals surface area contributed by atoms with E-state index in [2.05, 4.69) is 35.7 Å². The maximum Gasteiger partial charge on any atom is 0.110 e. The van der Waals surface area contributed by atoms with Crippen LogP contribution in [0.5, 0.6) is 0 Å². The number of aromatic nitrogens is 2. The van der Waals surface area contributed by atoms with Crippen molar-refractivity contribution in [3.63, 3.8) is 0 Å². The van der Waals surface area contributed by atoms with Gasteiger partial charge in [0, 0.05) is 5.41 Å². The summed E-state index contributed by atoms with van der Waals surface area (Å²) in [5.74, 6) is 0. The van der Waals surface area contributed by atoms with Gasteiger partial charge in [-0.05, 0) is 6.42 Å². The highest BCUT2D eigenvalue weighted by molar-refractivity contribution is 5.05. The third-order valence-electron chi connectivity index (χ3n) is 1.94. The van der Waals surface area contributed by atoms with E-state index in [0.29, 0.717) is 0 Å². The van der Waals surface area contributed by atoms with Gasteiger partial charge >= 0.3 is 0 Å². The first-order valence-corrected chi connectivity index (χ1v) is 3.45. The van der Waals surface area contributed by atoms with Crippen molar-refractivity contribution in [1.82, 2.24) is 10.3 Å². The van der Waals surface area contributed by atoms with E-state index in [4.69, 9.17) is 0 Å². The van der Waals surface area contributed by atoms with Crippen molar-refractivity contribution in [2.45, 2.75) is 32.6 Å². The molecule has 10 heavy (non-hydrogen) atoms. The van der Waals surface area contributed by atoms with Crippen molar-refractivity contribution in [2.75, 3.05) is 0 Å². The van der Waals surface area contributed by atoms with Gasteiger partial charge in [-0.3, -0.25) is 0 Å². The second-order valence-corrected chi connectivity index (χ2v) is 3.03. The van der Waals surface area contributed by atoms with Crippen molar-refractivity contribution in [3.05, 3.63) is 11.9 Å². The molecule has 0 N–H and O–H groups in total. The zero-order valence-electron chi connectivity index (χ0n) is 6.59. The fourth-order valence-electron chi connectivity index (χ4n) is 0.644. The minimum absolute atomic E-state index is 0.0972. The zero-order chi connectivity index (χ0) is 7.61. The number of hydrogen-bond donors (Lipinski definition) is 0. The fourth-order valence-corrected chi connectivity index (χ4v) is 0.644. The molecule has 0 spiro atoms. The van der Waals surface area contributed by atoms with E-state index < -0.39 is 0 Å². The van der Waals surface area contributed by atoms with Crippen LogP contribution in [-0.4, -0.2) is 10.3 Å². The van der Waals surface area contributed by atoms with Crippen molar-refractivity contribution >= 4 is 0 Å². The van der Waals surface area contributed by atoms with E-state index in [9.17, 15) is 0 Å². The molecule has 3 heteroatoms. The Morgan fingerprint density at radius 3 is 2.70 bits per heavy atom. The maximum atomic E-state index is 4.50. The van der Waals surface area contributed by atoms with Crippen molar-refractivity contribution in [1.29, 1.82) is 0 Å². The fraction of sp³-hybridized carbons (Fsp3) is 0.714. The van der Waals surface area contributed by atoms with Crippen LogP contribution in [-0.2, 0) is 5.41 Å². The van der Waals surface area contributed by atoms with Crippen LogP contribution in [0.1, 0.15) is 32.9 Å². The molecule has 0 amide bonds. The van der Waals surface area contributed by atoms with Crippen LogP contribution in [0.4, 0.5) is 0 Å². The van der Waals surface area contributed by atoms with Gasteiger partial charge in [-0.1, -0.05) is 31.1 Å². The number of rotatable bonds is 2. The molecule has 0 saturated heterocycles. The topological polar surface area (TPSA) is 38.9 Å². The summed E-state index contributed by atoms with van der Waals surface area (Å²) in [6.45, 7) is 6.35. The van der Waals surface area contributed by atoms with Gasteiger partial charge in [-0.15, -0.1) is 0 Å². The molecular formula is C7H12N2O. The molecule has 1 aromatic heterocycles. The van der Waals surface area contributed by atoms with E-state index in [1.807, 2.05) is 0 Å². The minimum Gasteiger partial charge on any atom is -0.244 e. The normalized spacial score (nSPS) is 11.9. The molecule has 0 aliphatic heterocycles. The Balaban J connectivity index is 2.85. The van der Waals surface area contributed by atoms with E-state index in [1.54, 1.807) is 6.20 Å². The lowest BCUT2D eigenvalue weighted by atomic mass is 9.87. The maximum absolute atomic E-state index is 4.50. The molecular weight excluding hydrogens is 128 g/mol. The van der Waals surface area contributed by atoms with Crippen molar-refractivity contribution in [3.8, 4) is 0 Å². The van der Waals surface area contributed by atoms with E-state index in [0.717, 1.165) is 12.1 Å². The molecule has 1 rings (SSSR count). The first kappa shape index (κ1) is 7.25. The quantitative estimate of drug-likeness (QED) is 0.628. The Hall–Kier alpha value is -0.860. The molecule has 0 unspecified atom stereocenters. The Morgan fingerprint density at radius 2 is 2.30 bits per heavy atom. The summed E-state index contributed by atoms with van der Waals surface area (Å²) in [5.41, 5.74) is 1.02. The predicted octanol–water partition coefficient (Wildman–Crippen LogP) is 1.76. The lowest BCUT2D eigenvalue weighted by Crippen LogP contribution is -2.15. The molecule has 0 atom stereocenters. The Bertz CT molecular complexity index is 191. The third kappa shape index (κ3) is 1.17. The van der Waals surface area contributed by atoms with Gasteiger partial charge in [0.2, 0.25) is 0 Å². The second kappa shape index (κ2) is 2.40. The SMILES string of the molecule is CCC(C)(C)c1cnon1. The highest BCUT2D eigenvalue weighted by atomic mass is 16.6. The van der Waals surface area contributed by atoms with E-state index in [1.165, 1.54) is 0 Å². The molecule has 0 aromatic carbocycles. The summed E-state index contributed by atoms with van der Waals surface area (Å²) in [4.78, 5) is 0. The predicted molar refractivity (Wildman–Crippen MR) is 37.6 cm³/mol. The first-order chi connectivity index (χ1) is 4.67. The monoisotopic (exact) mass is 140 g/mol. The first-order valence-electron chi connectivity index (χ1n) is 3.45. The van der Waals surface area contributed by atoms with Crippen LogP contribution in [0.15, 0.2) is 10.8 Å². The molecule has 0 aliphatic carbocycles. The van der Waals surface area contributed by atoms with Gasteiger partial charge < -0.3 is 0 Å². The minimum atomic E-state index is 0.0972. The van der Waals surface area contributed by atoms with Crippen LogP contribution in [0.25, 0.3) is 0 Å². The molecule has 0 aliphatic rings. The molecule has 0 radical (unpaired) electrons. The van der Waals surface area contributed by atoms with E-state index in [-0.39, 0.29) is 5.41 Å². The average Bonchev–Trinajstić information content (AvgIpc) is 2.38. The Kier molecular flexibility index (Phi) is 1.74. The summed E-state index contributed by atoms with van der Waals surface area (Å²) in [6.07, 6.45) is 2.71. The summed E-state index contributed by atoms with van der Waals surface area (Å²) in [7, 11) is 0. The van der Waals surface area contributed by atoms with Crippen molar-refractivity contribution in [2.24, 2.45) is 0 Å². The smallest absolute Gasteiger partial charge is 0.110 e. The van der Waals surface area contributed by atoms with Crippen LogP contribution in [0.2, 0.25) is 0 Å². The number of nitrogens with zero attached hydrogens (tertiary/aromatic N) is 2. The van der Waals surface area contributed by atoms with Gasteiger partial charge in [0.25, 0.3) is 0 Å². The molecule has 0 saturated carbocycles. The molecule has 0 fully saturated rings. The van der Waals surface area contributed by atoms with Gasteiger partial charge in [0.05, 0.1) is 6.20 Å². The average molecular weight is 140 g/mol. The second-order valence-electron chi connectivity index (χ2n) is 3.03. The molecule has 1 aromatic rings. The van der Waals surface area contributed by atoms with E-state index >= 15 is 0 Å². The highest BCUT2D eigenvalue weighted by Gasteiger charge is 2.21. The summed E-state index contributed by atoms with van der Waals surface area (Å²) >= 11 is 0. The lowest BCUT2D eigenvalue weighted by molar-refractivity contribution is 0.294. The van der Waals surface area contributed by atoms with Crippen LogP contribution >= 0.6 is 0 Å². The van der Waals surface area contributed by atoms with Gasteiger partial charge in [-0.25, -0.2) is 4.63 Å². The van der Waals surface area contributed by atoms with Crippen LogP contribution in [0, 0.1) is 0 Å². The largest absolute Gasteiger partial charge is 0.244 e. The summed E-state index contributed by atoms with van der Waals surface area (Å²) in [6, 6.07) is 0. The van der Waals surface area contributed by atoms with Crippen LogP contribution in [0.3, 0.4) is 0 Å². The van der Waals surface area contributed by atoms with Gasteiger partial charge in [-0.2, -0.15) is 0 Å². The zero-order valence-corrected chi connectivity index (χ0v) is 6.59. The lowest BCUT2D eigenvalue weighted by Gasteiger charge is -2.17. The Labute approximate surface area is 60.4 Å². The highest BCUT2D eigenvalue weighted by Crippen LogP contribution is 2.23. The van der Waals surface area contributed by atoms with Gasteiger partial charge in [0.1, 0.15) is 5.69 Å². The molecule has 3 nitrogen and oxygen atoms in total. The molecule has 0 bridgehead atoms. The molecule has 1 heterocycles. The van der Waals surface area contributed by atoms with Crippen molar-refractivity contribution < 1.29 is 4.63 Å². The summed E-state index contributed by atoms with van der Waals surface area (Å²) in [5, 5.41) is 7.32. The third-order valence-corrected chi connectivity index (χ3v) is 1.94. The Morgan fingerprint density at radius 1 is 1.60 bits per heavy atom. The van der Waals surface area contributed by atoms with Crippen LogP contribution < -0.4 is 0 Å². The van der Waals surface area contributed by atoms with Gasteiger partial charge in [0.15, 0.2) is 0 Å². The summed E-state index contributed by atoms with van der Waals surface area (Å²) < 4.78 is 4.50.